The summed E-state index contributed by atoms with van der Waals surface area (Å²) in [5, 5.41) is 5.47. The lowest BCUT2D eigenvalue weighted by atomic mass is 10.2. The molecular formula is C13H11N3S. The molecule has 0 fully saturated rings. The lowest BCUT2D eigenvalue weighted by Gasteiger charge is -2.05. The number of nitrogens with zero attached hydrogens (tertiary/aromatic N) is 2. The fourth-order valence-corrected chi connectivity index (χ4v) is 2.32. The SMILES string of the molecule is c1csc(CNc2ccc3nccnc3c2)c1. The Morgan fingerprint density at radius 1 is 1.06 bits per heavy atom. The Bertz CT molecular complexity index is 619. The normalized spacial score (nSPS) is 10.6. The molecule has 0 saturated heterocycles. The van der Waals surface area contributed by atoms with Crippen molar-refractivity contribution in [3.63, 3.8) is 0 Å². The van der Waals surface area contributed by atoms with E-state index in [0.29, 0.717) is 0 Å². The minimum atomic E-state index is 0.851. The van der Waals surface area contributed by atoms with Crippen molar-refractivity contribution < 1.29 is 0 Å². The fourth-order valence-electron chi connectivity index (χ4n) is 1.68. The van der Waals surface area contributed by atoms with E-state index in [1.165, 1.54) is 4.88 Å². The third-order valence-electron chi connectivity index (χ3n) is 2.52. The number of hydrogen-bond acceptors (Lipinski definition) is 4. The number of hydrogen-bond donors (Lipinski definition) is 1. The van der Waals surface area contributed by atoms with Gasteiger partial charge in [-0.05, 0) is 29.6 Å². The molecule has 84 valence electrons. The van der Waals surface area contributed by atoms with Crippen LogP contribution in [0.25, 0.3) is 11.0 Å². The average molecular weight is 241 g/mol. The van der Waals surface area contributed by atoms with Crippen molar-refractivity contribution in [2.75, 3.05) is 5.32 Å². The molecule has 3 aromatic rings. The molecule has 3 rings (SSSR count). The molecule has 0 spiro atoms. The molecule has 4 heteroatoms. The van der Waals surface area contributed by atoms with Gasteiger partial charge in [0.2, 0.25) is 0 Å². The van der Waals surface area contributed by atoms with Gasteiger partial charge in [-0.3, -0.25) is 9.97 Å². The number of nitrogens with one attached hydrogen (secondary N) is 1. The summed E-state index contributed by atoms with van der Waals surface area (Å²) in [6.07, 6.45) is 3.42. The maximum atomic E-state index is 4.29. The molecule has 1 N–H and O–H groups in total. The molecule has 0 amide bonds. The van der Waals surface area contributed by atoms with Gasteiger partial charge in [0.15, 0.2) is 0 Å². The van der Waals surface area contributed by atoms with Crippen LogP contribution in [0.1, 0.15) is 4.88 Å². The fraction of sp³-hybridized carbons (Fsp3) is 0.0769. The van der Waals surface area contributed by atoms with Crippen LogP contribution in [0.2, 0.25) is 0 Å². The second kappa shape index (κ2) is 4.51. The topological polar surface area (TPSA) is 37.8 Å². The molecule has 3 nitrogen and oxygen atoms in total. The first-order valence-corrected chi connectivity index (χ1v) is 6.27. The van der Waals surface area contributed by atoms with Gasteiger partial charge < -0.3 is 5.32 Å². The predicted molar refractivity (Wildman–Crippen MR) is 71.2 cm³/mol. The maximum Gasteiger partial charge on any atom is 0.0907 e. The molecule has 17 heavy (non-hydrogen) atoms. The number of rotatable bonds is 3. The van der Waals surface area contributed by atoms with Crippen molar-refractivity contribution in [1.82, 2.24) is 9.97 Å². The van der Waals surface area contributed by atoms with Gasteiger partial charge in [0.1, 0.15) is 0 Å². The molecule has 2 aromatic heterocycles. The predicted octanol–water partition coefficient (Wildman–Crippen LogP) is 3.30. The lowest BCUT2D eigenvalue weighted by molar-refractivity contribution is 1.19. The van der Waals surface area contributed by atoms with Crippen molar-refractivity contribution >= 4 is 28.1 Å². The largest absolute Gasteiger partial charge is 0.380 e. The van der Waals surface area contributed by atoms with E-state index < -0.39 is 0 Å². The van der Waals surface area contributed by atoms with Crippen LogP contribution in [0, 0.1) is 0 Å². The van der Waals surface area contributed by atoms with Crippen LogP contribution >= 0.6 is 11.3 Å². The highest BCUT2D eigenvalue weighted by atomic mass is 32.1. The van der Waals surface area contributed by atoms with Crippen LogP contribution < -0.4 is 5.32 Å². The van der Waals surface area contributed by atoms with Gasteiger partial charge in [0.25, 0.3) is 0 Å². The van der Waals surface area contributed by atoms with E-state index in [2.05, 4.69) is 32.8 Å². The van der Waals surface area contributed by atoms with Gasteiger partial charge in [-0.15, -0.1) is 11.3 Å². The van der Waals surface area contributed by atoms with Crippen molar-refractivity contribution in [1.29, 1.82) is 0 Å². The summed E-state index contributed by atoms with van der Waals surface area (Å²) < 4.78 is 0. The van der Waals surface area contributed by atoms with Crippen LogP contribution in [0.15, 0.2) is 48.1 Å². The summed E-state index contributed by atoms with van der Waals surface area (Å²) in [6, 6.07) is 10.2. The first kappa shape index (κ1) is 10.2. The Morgan fingerprint density at radius 2 is 1.94 bits per heavy atom. The van der Waals surface area contributed by atoms with Crippen LogP contribution in [-0.2, 0) is 6.54 Å². The zero-order valence-electron chi connectivity index (χ0n) is 9.13. The molecule has 0 bridgehead atoms. The zero-order chi connectivity index (χ0) is 11.5. The second-order valence-corrected chi connectivity index (χ2v) is 4.72. The first-order valence-electron chi connectivity index (χ1n) is 5.39. The summed E-state index contributed by atoms with van der Waals surface area (Å²) >= 11 is 1.76. The third-order valence-corrected chi connectivity index (χ3v) is 3.39. The number of thiophene rings is 1. The second-order valence-electron chi connectivity index (χ2n) is 3.69. The van der Waals surface area contributed by atoms with Crippen LogP contribution in [-0.4, -0.2) is 9.97 Å². The van der Waals surface area contributed by atoms with Gasteiger partial charge in [0, 0.05) is 29.5 Å². The van der Waals surface area contributed by atoms with Crippen molar-refractivity contribution in [2.45, 2.75) is 6.54 Å². The van der Waals surface area contributed by atoms with Crippen LogP contribution in [0.4, 0.5) is 5.69 Å². The smallest absolute Gasteiger partial charge is 0.0907 e. The molecule has 1 aromatic carbocycles. The number of aromatic nitrogens is 2. The Hall–Kier alpha value is -1.94. The quantitative estimate of drug-likeness (QED) is 0.764. The number of fused-ring (bicyclic) bond motifs is 1. The van der Waals surface area contributed by atoms with Crippen LogP contribution in [0.5, 0.6) is 0 Å². The van der Waals surface area contributed by atoms with E-state index in [0.717, 1.165) is 23.3 Å². The standard InChI is InChI=1S/C13H11N3S/c1-2-11(17-7-1)9-16-10-3-4-12-13(8-10)15-6-5-14-12/h1-8,16H,9H2. The minimum Gasteiger partial charge on any atom is -0.380 e. The highest BCUT2D eigenvalue weighted by molar-refractivity contribution is 7.09. The molecule has 0 aliphatic heterocycles. The summed E-state index contributed by atoms with van der Waals surface area (Å²) in [7, 11) is 0. The zero-order valence-corrected chi connectivity index (χ0v) is 9.95. The summed E-state index contributed by atoms with van der Waals surface area (Å²) in [4.78, 5) is 9.85. The molecule has 0 aliphatic carbocycles. The van der Waals surface area contributed by atoms with Gasteiger partial charge in [-0.1, -0.05) is 6.07 Å². The van der Waals surface area contributed by atoms with Crippen molar-refractivity contribution in [2.24, 2.45) is 0 Å². The van der Waals surface area contributed by atoms with Gasteiger partial charge in [0.05, 0.1) is 11.0 Å². The number of benzene rings is 1. The Morgan fingerprint density at radius 3 is 2.76 bits per heavy atom. The third kappa shape index (κ3) is 2.26. The highest BCUT2D eigenvalue weighted by Crippen LogP contribution is 2.17. The molecule has 0 radical (unpaired) electrons. The van der Waals surface area contributed by atoms with Gasteiger partial charge in [-0.25, -0.2) is 0 Å². The number of anilines is 1. The Balaban J connectivity index is 1.81. The van der Waals surface area contributed by atoms with Crippen molar-refractivity contribution in [3.05, 3.63) is 53.0 Å². The minimum absolute atomic E-state index is 0.851. The molecule has 0 atom stereocenters. The van der Waals surface area contributed by atoms with E-state index >= 15 is 0 Å². The van der Waals surface area contributed by atoms with E-state index in [-0.39, 0.29) is 0 Å². The van der Waals surface area contributed by atoms with Crippen molar-refractivity contribution in [3.8, 4) is 0 Å². The van der Waals surface area contributed by atoms with Gasteiger partial charge in [-0.2, -0.15) is 0 Å². The molecule has 0 aliphatic rings. The first-order chi connectivity index (χ1) is 8.42. The molecule has 0 unspecified atom stereocenters. The van der Waals surface area contributed by atoms with Crippen LogP contribution in [0.3, 0.4) is 0 Å². The van der Waals surface area contributed by atoms with E-state index in [1.807, 2.05) is 18.2 Å². The summed E-state index contributed by atoms with van der Waals surface area (Å²) in [6.45, 7) is 0.851. The summed E-state index contributed by atoms with van der Waals surface area (Å²) in [5.41, 5.74) is 2.92. The van der Waals surface area contributed by atoms with E-state index in [1.54, 1.807) is 23.7 Å². The van der Waals surface area contributed by atoms with E-state index in [4.69, 9.17) is 0 Å². The highest BCUT2D eigenvalue weighted by Gasteiger charge is 1.98. The average Bonchev–Trinajstić information content (AvgIpc) is 2.89. The molecule has 0 saturated carbocycles. The maximum absolute atomic E-state index is 4.29. The Kier molecular flexibility index (Phi) is 2.71. The van der Waals surface area contributed by atoms with E-state index in [9.17, 15) is 0 Å². The molecule has 2 heterocycles. The summed E-state index contributed by atoms with van der Waals surface area (Å²) in [5.74, 6) is 0. The van der Waals surface area contributed by atoms with Gasteiger partial charge >= 0.3 is 0 Å². The lowest BCUT2D eigenvalue weighted by Crippen LogP contribution is -1.97. The molecular weight excluding hydrogens is 230 g/mol. The Labute approximate surface area is 103 Å². The monoisotopic (exact) mass is 241 g/mol.